The molecular formula is C17H23N5O5S. The summed E-state index contributed by atoms with van der Waals surface area (Å²) in [7, 11) is 1.03. The van der Waals surface area contributed by atoms with E-state index < -0.39 is 15.1 Å². The average Bonchev–Trinajstić information content (AvgIpc) is 3.14. The van der Waals surface area contributed by atoms with E-state index in [4.69, 9.17) is 9.47 Å². The number of aryl methyl sites for hydroxylation is 1. The molecule has 1 aliphatic heterocycles. The van der Waals surface area contributed by atoms with Crippen LogP contribution < -0.4 is 14.8 Å². The zero-order chi connectivity index (χ0) is 20.3. The van der Waals surface area contributed by atoms with Crippen molar-refractivity contribution < 1.29 is 22.7 Å². The molecule has 0 saturated carbocycles. The van der Waals surface area contributed by atoms with Crippen molar-refractivity contribution in [3.63, 3.8) is 0 Å². The molecule has 152 valence electrons. The number of carbonyl (C=O) groups excluding carboxylic acids is 1. The van der Waals surface area contributed by atoms with Gasteiger partial charge < -0.3 is 24.3 Å². The number of amides is 2. The molecule has 28 heavy (non-hydrogen) atoms. The van der Waals surface area contributed by atoms with Gasteiger partial charge in [-0.1, -0.05) is 6.07 Å². The molecule has 1 saturated heterocycles. The first-order valence-corrected chi connectivity index (χ1v) is 10.3. The summed E-state index contributed by atoms with van der Waals surface area (Å²) in [5, 5.41) is 9.52. The molecule has 2 amide bonds. The molecule has 1 fully saturated rings. The molecule has 10 nitrogen and oxygen atoms in total. The van der Waals surface area contributed by atoms with Gasteiger partial charge in [0.15, 0.2) is 11.5 Å². The van der Waals surface area contributed by atoms with E-state index >= 15 is 0 Å². The van der Waals surface area contributed by atoms with Gasteiger partial charge in [0.1, 0.15) is 6.33 Å². The average molecular weight is 409 g/mol. The molecule has 11 heteroatoms. The Morgan fingerprint density at radius 2 is 1.93 bits per heavy atom. The van der Waals surface area contributed by atoms with E-state index in [0.717, 1.165) is 0 Å². The molecule has 2 heterocycles. The number of piperidine rings is 1. The fourth-order valence-corrected chi connectivity index (χ4v) is 4.97. The van der Waals surface area contributed by atoms with Crippen molar-refractivity contribution in [1.82, 2.24) is 19.7 Å². The number of benzene rings is 1. The summed E-state index contributed by atoms with van der Waals surface area (Å²) in [4.78, 5) is 14.2. The van der Waals surface area contributed by atoms with Crippen molar-refractivity contribution in [2.24, 2.45) is 7.05 Å². The summed E-state index contributed by atoms with van der Waals surface area (Å²) in [5.74, 6) is 0.937. The molecule has 0 unspecified atom stereocenters. The number of hydrogen-bond donors (Lipinski definition) is 1. The van der Waals surface area contributed by atoms with Gasteiger partial charge in [-0.05, 0) is 25.0 Å². The normalized spacial score (nSPS) is 15.3. The second-order valence-electron chi connectivity index (χ2n) is 6.43. The van der Waals surface area contributed by atoms with Crippen LogP contribution in [0.3, 0.4) is 0 Å². The third-order valence-corrected chi connectivity index (χ3v) is 6.96. The highest BCUT2D eigenvalue weighted by atomic mass is 32.2. The van der Waals surface area contributed by atoms with Crippen LogP contribution in [0.5, 0.6) is 11.5 Å². The maximum atomic E-state index is 12.7. The van der Waals surface area contributed by atoms with Crippen LogP contribution in [-0.2, 0) is 16.9 Å². The van der Waals surface area contributed by atoms with Crippen LogP contribution in [0.2, 0.25) is 0 Å². The molecule has 1 aromatic heterocycles. The van der Waals surface area contributed by atoms with Gasteiger partial charge in [0, 0.05) is 20.1 Å². The van der Waals surface area contributed by atoms with Gasteiger partial charge in [0.2, 0.25) is 15.0 Å². The van der Waals surface area contributed by atoms with Crippen molar-refractivity contribution in [1.29, 1.82) is 0 Å². The van der Waals surface area contributed by atoms with E-state index in [1.165, 1.54) is 25.1 Å². The monoisotopic (exact) mass is 409 g/mol. The fraction of sp³-hybridized carbons (Fsp3) is 0.471. The van der Waals surface area contributed by atoms with E-state index in [9.17, 15) is 13.2 Å². The lowest BCUT2D eigenvalue weighted by Crippen LogP contribution is -2.44. The highest BCUT2D eigenvalue weighted by Gasteiger charge is 2.35. The second kappa shape index (κ2) is 8.05. The minimum atomic E-state index is -3.58. The van der Waals surface area contributed by atoms with Crippen molar-refractivity contribution in [3.05, 3.63) is 24.5 Å². The summed E-state index contributed by atoms with van der Waals surface area (Å²) < 4.78 is 37.4. The van der Waals surface area contributed by atoms with Crippen LogP contribution in [0.15, 0.2) is 29.7 Å². The first kappa shape index (κ1) is 19.9. The number of ether oxygens (including phenoxy) is 2. The Balaban J connectivity index is 1.66. The molecule has 0 atom stereocenters. The highest BCUT2D eigenvalue weighted by Crippen LogP contribution is 2.35. The molecular weight excluding hydrogens is 386 g/mol. The maximum Gasteiger partial charge on any atom is 0.321 e. The summed E-state index contributed by atoms with van der Waals surface area (Å²) >= 11 is 0. The van der Waals surface area contributed by atoms with Gasteiger partial charge in [-0.2, -0.15) is 0 Å². The smallest absolute Gasteiger partial charge is 0.321 e. The molecule has 1 N–H and O–H groups in total. The number of nitrogens with one attached hydrogen (secondary N) is 1. The van der Waals surface area contributed by atoms with E-state index in [1.807, 2.05) is 0 Å². The SMILES string of the molecule is COc1cccc(NC(=O)N2CCC(S(=O)(=O)c3nncn3C)CC2)c1OC. The Hall–Kier alpha value is -2.82. The first-order valence-electron chi connectivity index (χ1n) is 8.73. The van der Waals surface area contributed by atoms with Gasteiger partial charge in [-0.3, -0.25) is 0 Å². The molecule has 0 bridgehead atoms. The number of aromatic nitrogens is 3. The fourth-order valence-electron chi connectivity index (χ4n) is 3.23. The number of sulfone groups is 1. The first-order chi connectivity index (χ1) is 13.4. The standard InChI is InChI=1S/C17H23N5O5S/c1-21-11-18-20-17(21)28(24,25)12-7-9-22(10-8-12)16(23)19-13-5-4-6-14(26-2)15(13)27-3/h4-6,11-12H,7-10H2,1-3H3,(H,19,23). The quantitative estimate of drug-likeness (QED) is 0.791. The Labute approximate surface area is 163 Å². The number of rotatable bonds is 5. The topological polar surface area (TPSA) is 116 Å². The molecule has 0 radical (unpaired) electrons. The molecule has 1 aromatic carbocycles. The van der Waals surface area contributed by atoms with Crippen molar-refractivity contribution in [3.8, 4) is 11.5 Å². The van der Waals surface area contributed by atoms with Crippen molar-refractivity contribution in [2.45, 2.75) is 23.2 Å². The molecule has 0 spiro atoms. The summed E-state index contributed by atoms with van der Waals surface area (Å²) in [6.07, 6.45) is 2.02. The predicted molar refractivity (Wildman–Crippen MR) is 101 cm³/mol. The number of likely N-dealkylation sites (tertiary alicyclic amines) is 1. The largest absolute Gasteiger partial charge is 0.493 e. The number of hydrogen-bond acceptors (Lipinski definition) is 7. The number of nitrogens with zero attached hydrogens (tertiary/aromatic N) is 4. The highest BCUT2D eigenvalue weighted by molar-refractivity contribution is 7.91. The number of methoxy groups -OCH3 is 2. The Kier molecular flexibility index (Phi) is 5.73. The lowest BCUT2D eigenvalue weighted by atomic mass is 10.1. The number of para-hydroxylation sites is 1. The molecule has 2 aromatic rings. The van der Waals surface area contributed by atoms with Crippen LogP contribution in [0.25, 0.3) is 0 Å². The van der Waals surface area contributed by atoms with Crippen LogP contribution in [0.4, 0.5) is 10.5 Å². The van der Waals surface area contributed by atoms with Gasteiger partial charge >= 0.3 is 6.03 Å². The van der Waals surface area contributed by atoms with Crippen LogP contribution in [0.1, 0.15) is 12.8 Å². The van der Waals surface area contributed by atoms with Crippen LogP contribution in [0, 0.1) is 0 Å². The lowest BCUT2D eigenvalue weighted by Gasteiger charge is -2.31. The van der Waals surface area contributed by atoms with Gasteiger partial charge in [0.05, 0.1) is 25.2 Å². The summed E-state index contributed by atoms with van der Waals surface area (Å²) in [5.41, 5.74) is 0.487. The number of urea groups is 1. The lowest BCUT2D eigenvalue weighted by molar-refractivity contribution is 0.200. The third-order valence-electron chi connectivity index (χ3n) is 4.74. The maximum absolute atomic E-state index is 12.7. The van der Waals surface area contributed by atoms with Crippen LogP contribution >= 0.6 is 0 Å². The van der Waals surface area contributed by atoms with Crippen molar-refractivity contribution >= 4 is 21.6 Å². The van der Waals surface area contributed by atoms with Crippen LogP contribution in [-0.4, -0.2) is 66.7 Å². The van der Waals surface area contributed by atoms with E-state index in [1.54, 1.807) is 30.1 Å². The van der Waals surface area contributed by atoms with Gasteiger partial charge in [-0.15, -0.1) is 10.2 Å². The summed E-state index contributed by atoms with van der Waals surface area (Å²) in [6.45, 7) is 0.639. The number of carbonyl (C=O) groups is 1. The molecule has 1 aliphatic rings. The third kappa shape index (κ3) is 3.75. The van der Waals surface area contributed by atoms with Gasteiger partial charge in [0.25, 0.3) is 0 Å². The number of anilines is 1. The van der Waals surface area contributed by atoms with E-state index in [2.05, 4.69) is 15.5 Å². The molecule has 0 aliphatic carbocycles. The summed E-state index contributed by atoms with van der Waals surface area (Å²) in [6, 6.07) is 4.87. The van der Waals surface area contributed by atoms with E-state index in [-0.39, 0.29) is 11.2 Å². The Morgan fingerprint density at radius 1 is 1.21 bits per heavy atom. The minimum absolute atomic E-state index is 0.0449. The van der Waals surface area contributed by atoms with Crippen molar-refractivity contribution in [2.75, 3.05) is 32.6 Å². The zero-order valence-electron chi connectivity index (χ0n) is 16.0. The van der Waals surface area contributed by atoms with E-state index in [0.29, 0.717) is 43.1 Å². The zero-order valence-corrected chi connectivity index (χ0v) is 16.8. The second-order valence-corrected chi connectivity index (χ2v) is 8.55. The van der Waals surface area contributed by atoms with Gasteiger partial charge in [-0.25, -0.2) is 13.2 Å². The predicted octanol–water partition coefficient (Wildman–Crippen LogP) is 1.30. The minimum Gasteiger partial charge on any atom is -0.493 e. The molecule has 3 rings (SSSR count). The Morgan fingerprint density at radius 3 is 2.50 bits per heavy atom. The Bertz CT molecular complexity index is 951.